The van der Waals surface area contributed by atoms with E-state index in [9.17, 15) is 14.4 Å². The van der Waals surface area contributed by atoms with E-state index in [0.717, 1.165) is 45.5 Å². The number of aromatic nitrogens is 2. The molecule has 7 heteroatoms. The molecule has 0 aliphatic rings. The number of para-hydroxylation sites is 1. The highest BCUT2D eigenvalue weighted by atomic mass is 16.2. The van der Waals surface area contributed by atoms with Crippen molar-refractivity contribution >= 4 is 23.2 Å². The first kappa shape index (κ1) is 23.9. The summed E-state index contributed by atoms with van der Waals surface area (Å²) < 4.78 is 1.16. The predicted octanol–water partition coefficient (Wildman–Crippen LogP) is 4.33. The molecule has 7 nitrogen and oxygen atoms in total. The number of hydrogen-bond acceptors (Lipinski definition) is 4. The zero-order valence-corrected chi connectivity index (χ0v) is 19.6. The van der Waals surface area contributed by atoms with E-state index >= 15 is 0 Å². The third-order valence-electron chi connectivity index (χ3n) is 5.55. The van der Waals surface area contributed by atoms with Crippen molar-refractivity contribution in [1.29, 1.82) is 0 Å². The minimum Gasteiger partial charge on any atom is -0.326 e. The summed E-state index contributed by atoms with van der Waals surface area (Å²) in [5, 5.41) is 10.3. The second-order valence-corrected chi connectivity index (χ2v) is 7.85. The summed E-state index contributed by atoms with van der Waals surface area (Å²) in [7, 11) is 0. The molecule has 0 radical (unpaired) electrons. The van der Waals surface area contributed by atoms with E-state index in [4.69, 9.17) is 0 Å². The molecular weight excluding hydrogens is 416 g/mol. The third-order valence-corrected chi connectivity index (χ3v) is 5.55. The average molecular weight is 447 g/mol. The first-order valence-electron chi connectivity index (χ1n) is 11.3. The van der Waals surface area contributed by atoms with Gasteiger partial charge in [-0.15, -0.1) is 0 Å². The number of carbonyl (C=O) groups is 2. The summed E-state index contributed by atoms with van der Waals surface area (Å²) >= 11 is 0. The van der Waals surface area contributed by atoms with Gasteiger partial charge in [0, 0.05) is 29.4 Å². The van der Waals surface area contributed by atoms with Crippen molar-refractivity contribution in [3.8, 4) is 11.3 Å². The van der Waals surface area contributed by atoms with Crippen LogP contribution in [0.15, 0.2) is 53.3 Å². The van der Waals surface area contributed by atoms with Crippen molar-refractivity contribution in [2.24, 2.45) is 0 Å². The zero-order valence-electron chi connectivity index (χ0n) is 19.6. The lowest BCUT2D eigenvalue weighted by Crippen LogP contribution is -2.29. The molecule has 3 rings (SSSR count). The monoisotopic (exact) mass is 446 g/mol. The van der Waals surface area contributed by atoms with Gasteiger partial charge in [-0.1, -0.05) is 51.1 Å². The molecule has 0 atom stereocenters. The second-order valence-electron chi connectivity index (χ2n) is 7.85. The van der Waals surface area contributed by atoms with E-state index in [0.29, 0.717) is 17.8 Å². The molecule has 3 aromatic rings. The Balaban J connectivity index is 1.86. The van der Waals surface area contributed by atoms with E-state index in [2.05, 4.69) is 15.7 Å². The van der Waals surface area contributed by atoms with Crippen LogP contribution in [0.1, 0.15) is 43.9 Å². The van der Waals surface area contributed by atoms with Gasteiger partial charge < -0.3 is 10.6 Å². The molecule has 0 aliphatic heterocycles. The summed E-state index contributed by atoms with van der Waals surface area (Å²) in [6.45, 7) is 7.59. The number of aryl methyl sites for hydroxylation is 3. The van der Waals surface area contributed by atoms with Gasteiger partial charge in [-0.05, 0) is 48.6 Å². The maximum atomic E-state index is 12.8. The molecule has 0 aliphatic carbocycles. The van der Waals surface area contributed by atoms with Gasteiger partial charge in [0.2, 0.25) is 11.8 Å². The van der Waals surface area contributed by atoms with Crippen LogP contribution < -0.4 is 16.2 Å². The summed E-state index contributed by atoms with van der Waals surface area (Å²) in [4.78, 5) is 37.0. The summed E-state index contributed by atoms with van der Waals surface area (Å²) in [6.07, 6.45) is 1.96. The number of hydrogen-bond donors (Lipinski definition) is 2. The van der Waals surface area contributed by atoms with Crippen LogP contribution in [0.3, 0.4) is 0 Å². The standard InChI is InChI=1S/C26H30N4O3/c1-5-18-9-8-10-19(6-2)26(18)28-24(32)16-30-25(33)14-13-21(29-30)20-12-11-17(4)22(15-20)27-23(31)7-3/h8-15H,5-7,16H2,1-4H3,(H,27,31)(H,28,32). The Kier molecular flexibility index (Phi) is 7.77. The molecule has 0 bridgehead atoms. The predicted molar refractivity (Wildman–Crippen MR) is 131 cm³/mol. The highest BCUT2D eigenvalue weighted by Gasteiger charge is 2.13. The van der Waals surface area contributed by atoms with Crippen LogP contribution in [-0.4, -0.2) is 21.6 Å². The van der Waals surface area contributed by atoms with Gasteiger partial charge >= 0.3 is 0 Å². The Morgan fingerprint density at radius 3 is 2.24 bits per heavy atom. The summed E-state index contributed by atoms with van der Waals surface area (Å²) in [5.74, 6) is -0.388. The lowest BCUT2D eigenvalue weighted by atomic mass is 10.0. The van der Waals surface area contributed by atoms with Crippen LogP contribution in [0.4, 0.5) is 11.4 Å². The maximum Gasteiger partial charge on any atom is 0.267 e. The fraction of sp³-hybridized carbons (Fsp3) is 0.308. The number of anilines is 2. The van der Waals surface area contributed by atoms with Gasteiger partial charge in [0.1, 0.15) is 6.54 Å². The molecular formula is C26H30N4O3. The maximum absolute atomic E-state index is 12.8. The molecule has 0 fully saturated rings. The Hall–Kier alpha value is -3.74. The number of carbonyl (C=O) groups excluding carboxylic acids is 2. The molecule has 2 N–H and O–H groups in total. The number of nitrogens with one attached hydrogen (secondary N) is 2. The van der Waals surface area contributed by atoms with E-state index in [1.54, 1.807) is 13.0 Å². The lowest BCUT2D eigenvalue weighted by Gasteiger charge is -2.15. The Morgan fingerprint density at radius 1 is 0.909 bits per heavy atom. The van der Waals surface area contributed by atoms with Crippen molar-refractivity contribution in [3.63, 3.8) is 0 Å². The minimum atomic E-state index is -0.361. The highest BCUT2D eigenvalue weighted by molar-refractivity contribution is 5.93. The van der Waals surface area contributed by atoms with Crippen molar-refractivity contribution in [2.75, 3.05) is 10.6 Å². The number of amides is 2. The van der Waals surface area contributed by atoms with Crippen LogP contribution in [0, 0.1) is 6.92 Å². The van der Waals surface area contributed by atoms with Gasteiger partial charge in [0.05, 0.1) is 5.69 Å². The van der Waals surface area contributed by atoms with Crippen molar-refractivity contribution < 1.29 is 9.59 Å². The largest absolute Gasteiger partial charge is 0.326 e. The van der Waals surface area contributed by atoms with Gasteiger partial charge in [0.25, 0.3) is 5.56 Å². The highest BCUT2D eigenvalue weighted by Crippen LogP contribution is 2.24. The average Bonchev–Trinajstić information content (AvgIpc) is 2.81. The van der Waals surface area contributed by atoms with Crippen molar-refractivity contribution in [2.45, 2.75) is 53.5 Å². The topological polar surface area (TPSA) is 93.1 Å². The fourth-order valence-corrected chi connectivity index (χ4v) is 3.59. The number of benzene rings is 2. The van der Waals surface area contributed by atoms with E-state index in [1.807, 2.05) is 57.2 Å². The van der Waals surface area contributed by atoms with E-state index in [1.165, 1.54) is 6.07 Å². The van der Waals surface area contributed by atoms with Gasteiger partial charge in [0.15, 0.2) is 0 Å². The van der Waals surface area contributed by atoms with Crippen LogP contribution >= 0.6 is 0 Å². The zero-order chi connectivity index (χ0) is 24.0. The molecule has 172 valence electrons. The molecule has 0 spiro atoms. The van der Waals surface area contributed by atoms with Crippen LogP contribution in [0.5, 0.6) is 0 Å². The van der Waals surface area contributed by atoms with E-state index in [-0.39, 0.29) is 23.9 Å². The first-order chi connectivity index (χ1) is 15.9. The Bertz CT molecular complexity index is 1210. The molecule has 0 unspecified atom stereocenters. The molecule has 1 aromatic heterocycles. The number of rotatable bonds is 8. The molecule has 33 heavy (non-hydrogen) atoms. The second kappa shape index (κ2) is 10.7. The Labute approximate surface area is 193 Å². The quantitative estimate of drug-likeness (QED) is 0.539. The smallest absolute Gasteiger partial charge is 0.267 e. The summed E-state index contributed by atoms with van der Waals surface area (Å²) in [5.41, 5.74) is 5.46. The molecule has 0 saturated heterocycles. The van der Waals surface area contributed by atoms with Gasteiger partial charge in [-0.3, -0.25) is 14.4 Å². The fourth-order valence-electron chi connectivity index (χ4n) is 3.59. The van der Waals surface area contributed by atoms with Gasteiger partial charge in [-0.2, -0.15) is 5.10 Å². The van der Waals surface area contributed by atoms with Crippen LogP contribution in [0.2, 0.25) is 0 Å². The first-order valence-corrected chi connectivity index (χ1v) is 11.3. The number of nitrogens with zero attached hydrogens (tertiary/aromatic N) is 2. The lowest BCUT2D eigenvalue weighted by molar-refractivity contribution is -0.117. The molecule has 2 aromatic carbocycles. The molecule has 1 heterocycles. The summed E-state index contributed by atoms with van der Waals surface area (Å²) in [6, 6.07) is 14.6. The van der Waals surface area contributed by atoms with Crippen molar-refractivity contribution in [1.82, 2.24) is 9.78 Å². The van der Waals surface area contributed by atoms with E-state index < -0.39 is 0 Å². The van der Waals surface area contributed by atoms with Crippen LogP contribution in [0.25, 0.3) is 11.3 Å². The SMILES string of the molecule is CCC(=O)Nc1cc(-c2ccc(=O)n(CC(=O)Nc3c(CC)cccc3CC)n2)ccc1C. The molecule has 2 amide bonds. The Morgan fingerprint density at radius 2 is 1.61 bits per heavy atom. The molecule has 0 saturated carbocycles. The third kappa shape index (κ3) is 5.74. The normalized spacial score (nSPS) is 10.7. The minimum absolute atomic E-state index is 0.0799. The van der Waals surface area contributed by atoms with Gasteiger partial charge in [-0.25, -0.2) is 4.68 Å². The van der Waals surface area contributed by atoms with Crippen LogP contribution in [-0.2, 0) is 29.0 Å². The van der Waals surface area contributed by atoms with Crippen molar-refractivity contribution in [3.05, 3.63) is 75.6 Å².